The van der Waals surface area contributed by atoms with Gasteiger partial charge in [0, 0.05) is 25.3 Å². The molecule has 0 saturated carbocycles. The van der Waals surface area contributed by atoms with Gasteiger partial charge in [-0.25, -0.2) is 0 Å². The smallest absolute Gasteiger partial charge is 0.231 e. The molecule has 0 atom stereocenters. The summed E-state index contributed by atoms with van der Waals surface area (Å²) >= 11 is 0. The Labute approximate surface area is 117 Å². The summed E-state index contributed by atoms with van der Waals surface area (Å²) in [7, 11) is 0. The van der Waals surface area contributed by atoms with E-state index >= 15 is 0 Å². The molecule has 0 spiro atoms. The molecule has 4 heteroatoms. The monoisotopic (exact) mass is 268 g/mol. The molecule has 2 N–H and O–H groups in total. The van der Waals surface area contributed by atoms with Crippen LogP contribution in [0.2, 0.25) is 0 Å². The molecule has 2 heterocycles. The van der Waals surface area contributed by atoms with Crippen LogP contribution < -0.4 is 15.2 Å². The average molecular weight is 268 g/mol. The van der Waals surface area contributed by atoms with Gasteiger partial charge >= 0.3 is 0 Å². The van der Waals surface area contributed by atoms with Crippen LogP contribution in [0.5, 0.6) is 11.5 Å². The summed E-state index contributed by atoms with van der Waals surface area (Å²) in [5.41, 5.74) is 10.8. The summed E-state index contributed by atoms with van der Waals surface area (Å²) in [6.07, 6.45) is 0. The molecule has 0 saturated heterocycles. The van der Waals surface area contributed by atoms with Crippen molar-refractivity contribution in [3.63, 3.8) is 0 Å². The summed E-state index contributed by atoms with van der Waals surface area (Å²) in [5.74, 6) is 1.68. The van der Waals surface area contributed by atoms with E-state index < -0.39 is 0 Å². The van der Waals surface area contributed by atoms with Crippen LogP contribution in [0.1, 0.15) is 16.7 Å². The van der Waals surface area contributed by atoms with Crippen molar-refractivity contribution in [3.8, 4) is 11.5 Å². The van der Waals surface area contributed by atoms with Gasteiger partial charge in [0.05, 0.1) is 0 Å². The molecule has 0 unspecified atom stereocenters. The topological polar surface area (TPSA) is 47.7 Å². The number of nitrogens with zero attached hydrogens (tertiary/aromatic N) is 1. The maximum absolute atomic E-state index is 6.04. The van der Waals surface area contributed by atoms with Gasteiger partial charge in [0.2, 0.25) is 6.79 Å². The summed E-state index contributed by atoms with van der Waals surface area (Å²) < 4.78 is 10.8. The molecule has 4 rings (SSSR count). The minimum atomic E-state index is 0.324. The molecule has 4 nitrogen and oxygen atoms in total. The predicted molar refractivity (Wildman–Crippen MR) is 76.4 cm³/mol. The molecule has 2 aromatic rings. The molecule has 0 aromatic heterocycles. The van der Waals surface area contributed by atoms with Gasteiger partial charge in [0.1, 0.15) is 0 Å². The SMILES string of the molecule is Nc1cccc2c1CN(Cc1ccc3c(c1)OCO3)C2. The number of benzene rings is 2. The fraction of sp³-hybridized carbons (Fsp3) is 0.250. The third-order valence-electron chi connectivity index (χ3n) is 3.93. The first-order chi connectivity index (χ1) is 9.79. The highest BCUT2D eigenvalue weighted by atomic mass is 16.7. The van der Waals surface area contributed by atoms with Gasteiger partial charge in [-0.1, -0.05) is 18.2 Å². The second kappa shape index (κ2) is 4.42. The summed E-state index contributed by atoms with van der Waals surface area (Å²) in [6, 6.07) is 12.3. The van der Waals surface area contributed by atoms with Gasteiger partial charge in [-0.2, -0.15) is 0 Å². The molecule has 2 aromatic carbocycles. The molecule has 0 bridgehead atoms. The van der Waals surface area contributed by atoms with E-state index in [-0.39, 0.29) is 0 Å². The van der Waals surface area contributed by atoms with Crippen LogP contribution in [0.4, 0.5) is 5.69 Å². The lowest BCUT2D eigenvalue weighted by atomic mass is 10.1. The summed E-state index contributed by atoms with van der Waals surface area (Å²) in [6.45, 7) is 3.08. The van der Waals surface area contributed by atoms with Gasteiger partial charge < -0.3 is 15.2 Å². The normalized spacial score (nSPS) is 16.4. The molecule has 2 aliphatic rings. The quantitative estimate of drug-likeness (QED) is 0.850. The van der Waals surface area contributed by atoms with Crippen LogP contribution in [0.15, 0.2) is 36.4 Å². The number of nitrogen functional groups attached to an aromatic ring is 1. The Morgan fingerprint density at radius 1 is 1.05 bits per heavy atom. The zero-order valence-corrected chi connectivity index (χ0v) is 11.1. The molecule has 0 amide bonds. The van der Waals surface area contributed by atoms with Crippen molar-refractivity contribution >= 4 is 5.69 Å². The van der Waals surface area contributed by atoms with E-state index in [4.69, 9.17) is 15.2 Å². The minimum Gasteiger partial charge on any atom is -0.454 e. The largest absolute Gasteiger partial charge is 0.454 e. The van der Waals surface area contributed by atoms with Crippen LogP contribution in [-0.2, 0) is 19.6 Å². The zero-order chi connectivity index (χ0) is 13.5. The zero-order valence-electron chi connectivity index (χ0n) is 11.1. The van der Waals surface area contributed by atoms with E-state index in [1.807, 2.05) is 18.2 Å². The van der Waals surface area contributed by atoms with Gasteiger partial charge in [-0.05, 0) is 34.9 Å². The first-order valence-corrected chi connectivity index (χ1v) is 6.77. The third-order valence-corrected chi connectivity index (χ3v) is 3.93. The minimum absolute atomic E-state index is 0.324. The van der Waals surface area contributed by atoms with Crippen LogP contribution >= 0.6 is 0 Å². The fourth-order valence-electron chi connectivity index (χ4n) is 2.93. The lowest BCUT2D eigenvalue weighted by Gasteiger charge is -2.15. The second-order valence-corrected chi connectivity index (χ2v) is 5.32. The van der Waals surface area contributed by atoms with Crippen LogP contribution in [-0.4, -0.2) is 11.7 Å². The van der Waals surface area contributed by atoms with E-state index in [2.05, 4.69) is 23.1 Å². The number of anilines is 1. The Kier molecular flexibility index (Phi) is 2.57. The predicted octanol–water partition coefficient (Wildman–Crippen LogP) is 2.51. The number of fused-ring (bicyclic) bond motifs is 2. The molecule has 2 aliphatic heterocycles. The van der Waals surface area contributed by atoms with Crippen LogP contribution in [0, 0.1) is 0 Å². The molecule has 0 aliphatic carbocycles. The number of nitrogens with two attached hydrogens (primary N) is 1. The fourth-order valence-corrected chi connectivity index (χ4v) is 2.93. The number of rotatable bonds is 2. The lowest BCUT2D eigenvalue weighted by Crippen LogP contribution is -2.15. The van der Waals surface area contributed by atoms with Crippen molar-refractivity contribution in [2.24, 2.45) is 0 Å². The number of ether oxygens (including phenoxy) is 2. The van der Waals surface area contributed by atoms with Crippen molar-refractivity contribution in [3.05, 3.63) is 53.1 Å². The first kappa shape index (κ1) is 11.6. The summed E-state index contributed by atoms with van der Waals surface area (Å²) in [5, 5.41) is 0. The summed E-state index contributed by atoms with van der Waals surface area (Å²) in [4.78, 5) is 2.39. The Hall–Kier alpha value is -2.20. The van der Waals surface area contributed by atoms with Crippen molar-refractivity contribution in [2.45, 2.75) is 19.6 Å². The molecular weight excluding hydrogens is 252 g/mol. The molecule has 0 radical (unpaired) electrons. The van der Waals surface area contributed by atoms with Gasteiger partial charge in [0.15, 0.2) is 11.5 Å². The van der Waals surface area contributed by atoms with E-state index in [0.717, 1.165) is 36.8 Å². The highest BCUT2D eigenvalue weighted by molar-refractivity contribution is 5.52. The lowest BCUT2D eigenvalue weighted by molar-refractivity contribution is 0.174. The highest BCUT2D eigenvalue weighted by Gasteiger charge is 2.21. The van der Waals surface area contributed by atoms with Crippen LogP contribution in [0.25, 0.3) is 0 Å². The highest BCUT2D eigenvalue weighted by Crippen LogP contribution is 2.34. The van der Waals surface area contributed by atoms with Crippen LogP contribution in [0.3, 0.4) is 0 Å². The Morgan fingerprint density at radius 2 is 1.95 bits per heavy atom. The Balaban J connectivity index is 1.53. The van der Waals surface area contributed by atoms with Crippen molar-refractivity contribution < 1.29 is 9.47 Å². The van der Waals surface area contributed by atoms with E-state index in [0.29, 0.717) is 6.79 Å². The standard InChI is InChI=1S/C16H16N2O2/c17-14-3-1-2-12-8-18(9-13(12)14)7-11-4-5-15-16(6-11)20-10-19-15/h1-6H,7-10,17H2. The van der Waals surface area contributed by atoms with E-state index in [9.17, 15) is 0 Å². The second-order valence-electron chi connectivity index (χ2n) is 5.32. The first-order valence-electron chi connectivity index (χ1n) is 6.77. The Morgan fingerprint density at radius 3 is 2.85 bits per heavy atom. The van der Waals surface area contributed by atoms with Gasteiger partial charge in [0.25, 0.3) is 0 Å². The maximum atomic E-state index is 6.04. The van der Waals surface area contributed by atoms with E-state index in [1.165, 1.54) is 16.7 Å². The molecule has 0 fully saturated rings. The molecule has 102 valence electrons. The number of hydrogen-bond acceptors (Lipinski definition) is 4. The Bertz CT molecular complexity index is 670. The molecular formula is C16H16N2O2. The maximum Gasteiger partial charge on any atom is 0.231 e. The van der Waals surface area contributed by atoms with Gasteiger partial charge in [-0.3, -0.25) is 4.90 Å². The average Bonchev–Trinajstić information content (AvgIpc) is 3.05. The molecule has 20 heavy (non-hydrogen) atoms. The van der Waals surface area contributed by atoms with Crippen molar-refractivity contribution in [1.82, 2.24) is 4.90 Å². The van der Waals surface area contributed by atoms with Crippen molar-refractivity contribution in [2.75, 3.05) is 12.5 Å². The number of hydrogen-bond donors (Lipinski definition) is 1. The van der Waals surface area contributed by atoms with Gasteiger partial charge in [-0.15, -0.1) is 0 Å². The van der Waals surface area contributed by atoms with E-state index in [1.54, 1.807) is 0 Å². The van der Waals surface area contributed by atoms with Crippen molar-refractivity contribution in [1.29, 1.82) is 0 Å². The third kappa shape index (κ3) is 1.89.